The van der Waals surface area contributed by atoms with E-state index in [9.17, 15) is 9.59 Å². The second-order valence-corrected chi connectivity index (χ2v) is 11.6. The minimum absolute atomic E-state index is 0.203. The molecule has 12 nitrogen and oxygen atoms in total. The number of benzene rings is 2. The lowest BCUT2D eigenvalue weighted by molar-refractivity contribution is -0.134. The summed E-state index contributed by atoms with van der Waals surface area (Å²) in [5, 5.41) is 6.16. The summed E-state index contributed by atoms with van der Waals surface area (Å²) in [5.41, 5.74) is 5.17. The van der Waals surface area contributed by atoms with E-state index in [0.29, 0.717) is 23.8 Å². The Bertz CT molecular complexity index is 1800. The second kappa shape index (κ2) is 12.9. The number of methoxy groups -OCH3 is 1. The molecule has 3 aromatic heterocycles. The van der Waals surface area contributed by atoms with Gasteiger partial charge in [0.2, 0.25) is 0 Å². The molecule has 0 saturated carbocycles. The van der Waals surface area contributed by atoms with Gasteiger partial charge in [-0.3, -0.25) is 4.79 Å². The molecular weight excluding hydrogens is 582 g/mol. The number of hydrogen-bond acceptors (Lipinski definition) is 8. The fourth-order valence-corrected chi connectivity index (χ4v) is 6.24. The van der Waals surface area contributed by atoms with Gasteiger partial charge < -0.3 is 30.2 Å². The number of nitrogens with zero attached hydrogens (tertiary/aromatic N) is 5. The highest BCUT2D eigenvalue weighted by atomic mass is 16.5. The van der Waals surface area contributed by atoms with Crippen LogP contribution >= 0.6 is 0 Å². The molecule has 0 unspecified atom stereocenters. The molecule has 2 amide bonds. The van der Waals surface area contributed by atoms with Gasteiger partial charge in [0.25, 0.3) is 5.91 Å². The van der Waals surface area contributed by atoms with Gasteiger partial charge in [-0.15, -0.1) is 0 Å². The molecule has 2 fully saturated rings. The van der Waals surface area contributed by atoms with E-state index in [1.54, 1.807) is 11.1 Å². The number of imidazole rings is 2. The summed E-state index contributed by atoms with van der Waals surface area (Å²) >= 11 is 0. The Morgan fingerprint density at radius 3 is 2.24 bits per heavy atom. The van der Waals surface area contributed by atoms with E-state index in [0.717, 1.165) is 66.1 Å². The summed E-state index contributed by atoms with van der Waals surface area (Å²) < 4.78 is 4.80. The first-order chi connectivity index (χ1) is 22.6. The third-order valence-electron chi connectivity index (χ3n) is 8.68. The molecule has 4 N–H and O–H groups in total. The van der Waals surface area contributed by atoms with Gasteiger partial charge in [-0.05, 0) is 43.4 Å². The van der Waals surface area contributed by atoms with Crippen LogP contribution in [0.4, 0.5) is 4.79 Å². The number of alkyl carbamates (subject to hydrolysis) is 1. The van der Waals surface area contributed by atoms with E-state index in [2.05, 4.69) is 40.5 Å². The minimum atomic E-state index is -0.862. The molecule has 0 spiro atoms. The molecule has 5 heterocycles. The fourth-order valence-electron chi connectivity index (χ4n) is 6.24. The van der Waals surface area contributed by atoms with Crippen molar-refractivity contribution in [1.29, 1.82) is 0 Å². The Hall–Kier alpha value is -5.36. The van der Waals surface area contributed by atoms with Crippen molar-refractivity contribution in [2.75, 3.05) is 20.2 Å². The first kappa shape index (κ1) is 29.4. The number of carbonyl (C=O) groups is 2. The van der Waals surface area contributed by atoms with Crippen molar-refractivity contribution in [2.45, 2.75) is 43.8 Å². The zero-order chi connectivity index (χ0) is 31.5. The fraction of sp³-hybridized carbons (Fsp3) is 0.294. The lowest BCUT2D eigenvalue weighted by atomic mass is 10.1. The number of rotatable bonds is 8. The molecule has 2 aromatic carbocycles. The van der Waals surface area contributed by atoms with Gasteiger partial charge in [0.1, 0.15) is 17.7 Å². The van der Waals surface area contributed by atoms with Crippen molar-refractivity contribution in [3.63, 3.8) is 0 Å². The normalized spacial score (nSPS) is 18.4. The molecule has 2 saturated heterocycles. The van der Waals surface area contributed by atoms with Gasteiger partial charge in [-0.1, -0.05) is 54.6 Å². The smallest absolute Gasteiger partial charge is 0.407 e. The topological polar surface area (TPSA) is 154 Å². The second-order valence-electron chi connectivity index (χ2n) is 11.6. The predicted molar refractivity (Wildman–Crippen MR) is 171 cm³/mol. The zero-order valence-corrected chi connectivity index (χ0v) is 25.4. The van der Waals surface area contributed by atoms with Crippen molar-refractivity contribution in [2.24, 2.45) is 0 Å². The minimum Gasteiger partial charge on any atom is -0.453 e. The molecule has 0 bridgehead atoms. The molecule has 2 aliphatic heterocycles. The van der Waals surface area contributed by atoms with Crippen molar-refractivity contribution in [3.8, 4) is 33.9 Å². The number of H-pyrrole nitrogens is 2. The van der Waals surface area contributed by atoms with Crippen molar-refractivity contribution >= 4 is 12.0 Å². The van der Waals surface area contributed by atoms with Gasteiger partial charge in [-0.25, -0.2) is 24.7 Å². The monoisotopic (exact) mass is 617 g/mol. The van der Waals surface area contributed by atoms with Gasteiger partial charge in [-0.2, -0.15) is 0 Å². The Morgan fingerprint density at radius 2 is 1.52 bits per heavy atom. The molecule has 7 rings (SSSR count). The van der Waals surface area contributed by atoms with Crippen LogP contribution in [0.25, 0.3) is 33.9 Å². The van der Waals surface area contributed by atoms with Crippen LogP contribution in [0.5, 0.6) is 0 Å². The molecule has 2 aliphatic rings. The third kappa shape index (κ3) is 5.98. The number of hydrogen-bond donors (Lipinski definition) is 4. The Kier molecular flexibility index (Phi) is 8.26. The number of likely N-dealkylation sites (tertiary alicyclic amines) is 1. The summed E-state index contributed by atoms with van der Waals surface area (Å²) in [5.74, 6) is 2.09. The Labute approximate surface area is 266 Å². The highest BCUT2D eigenvalue weighted by Gasteiger charge is 2.37. The van der Waals surface area contributed by atoms with Crippen LogP contribution in [0, 0.1) is 0 Å². The molecule has 12 heteroatoms. The number of nitrogens with one attached hydrogen (secondary N) is 4. The average molecular weight is 618 g/mol. The summed E-state index contributed by atoms with van der Waals surface area (Å²) in [6.07, 6.45) is 10.4. The summed E-state index contributed by atoms with van der Waals surface area (Å²) in [4.78, 5) is 53.0. The molecule has 0 radical (unpaired) electrons. The van der Waals surface area contributed by atoms with E-state index < -0.39 is 12.1 Å². The van der Waals surface area contributed by atoms with Crippen molar-refractivity contribution in [3.05, 3.63) is 96.6 Å². The summed E-state index contributed by atoms with van der Waals surface area (Å²) in [7, 11) is 1.28. The average Bonchev–Trinajstić information content (AvgIpc) is 3.94. The summed E-state index contributed by atoms with van der Waals surface area (Å²) in [6.45, 7) is 1.59. The van der Waals surface area contributed by atoms with E-state index in [-0.39, 0.29) is 18.0 Å². The van der Waals surface area contributed by atoms with Crippen LogP contribution in [0.3, 0.4) is 0 Å². The highest BCUT2D eigenvalue weighted by molar-refractivity contribution is 5.87. The maximum atomic E-state index is 13.8. The van der Waals surface area contributed by atoms with E-state index in [4.69, 9.17) is 4.74 Å². The standard InChI is InChI=1S/C34H35N9O3/c1-46-34(45)42-29(22-7-3-2-4-8-22)33(44)43-16-6-10-28(43)32-39-19-26(41-32)21-11-13-23(14-12-21)30-36-17-24(18-37-30)27-20-38-31(40-27)25-9-5-15-35-25/h2-4,7-8,11-14,17-20,25,28-29,35H,5-6,9-10,15-16H2,1H3,(H,38,40)(H,39,41)(H,42,45)/t25-,28-,29+/m0/s1. The first-order valence-corrected chi connectivity index (χ1v) is 15.5. The maximum Gasteiger partial charge on any atom is 0.407 e. The number of aromatic nitrogens is 6. The molecule has 234 valence electrons. The van der Waals surface area contributed by atoms with E-state index in [1.165, 1.54) is 7.11 Å². The number of aromatic amines is 2. The molecular formula is C34H35N9O3. The molecule has 0 aliphatic carbocycles. The number of carbonyl (C=O) groups excluding carboxylic acids is 2. The van der Waals surface area contributed by atoms with Gasteiger partial charge in [0, 0.05) is 30.1 Å². The van der Waals surface area contributed by atoms with Gasteiger partial charge in [0.15, 0.2) is 5.82 Å². The Balaban J connectivity index is 1.04. The van der Waals surface area contributed by atoms with Crippen LogP contribution in [-0.4, -0.2) is 67.0 Å². The highest BCUT2D eigenvalue weighted by Crippen LogP contribution is 2.34. The first-order valence-electron chi connectivity index (χ1n) is 15.5. The van der Waals surface area contributed by atoms with Crippen LogP contribution in [0.15, 0.2) is 79.4 Å². The van der Waals surface area contributed by atoms with Crippen LogP contribution in [0.1, 0.15) is 61.0 Å². The van der Waals surface area contributed by atoms with Crippen LogP contribution in [-0.2, 0) is 9.53 Å². The predicted octanol–water partition coefficient (Wildman–Crippen LogP) is 5.11. The van der Waals surface area contributed by atoms with Crippen molar-refractivity contribution < 1.29 is 14.3 Å². The van der Waals surface area contributed by atoms with Gasteiger partial charge >= 0.3 is 6.09 Å². The largest absolute Gasteiger partial charge is 0.453 e. The van der Waals surface area contributed by atoms with E-state index >= 15 is 0 Å². The SMILES string of the molecule is COC(=O)N[C@@H](C(=O)N1CCC[C@H]1c1ncc(-c2ccc(-c3ncc(-c4cnc([C@@H]5CCCN5)[nH]4)cn3)cc2)[nH]1)c1ccccc1. The molecule has 46 heavy (non-hydrogen) atoms. The maximum absolute atomic E-state index is 13.8. The number of amides is 2. The third-order valence-corrected chi connectivity index (χ3v) is 8.68. The van der Waals surface area contributed by atoms with E-state index in [1.807, 2.05) is 73.2 Å². The molecule has 3 atom stereocenters. The quantitative estimate of drug-likeness (QED) is 0.187. The lowest BCUT2D eigenvalue weighted by Crippen LogP contribution is -2.42. The van der Waals surface area contributed by atoms with Gasteiger partial charge in [0.05, 0.1) is 43.0 Å². The zero-order valence-electron chi connectivity index (χ0n) is 25.4. The lowest BCUT2D eigenvalue weighted by Gasteiger charge is -2.28. The van der Waals surface area contributed by atoms with Crippen LogP contribution < -0.4 is 10.6 Å². The number of ether oxygens (including phenoxy) is 1. The molecule has 5 aromatic rings. The van der Waals surface area contributed by atoms with Crippen LogP contribution in [0.2, 0.25) is 0 Å². The Morgan fingerprint density at radius 1 is 0.826 bits per heavy atom. The summed E-state index contributed by atoms with van der Waals surface area (Å²) in [6, 6.07) is 16.3. The van der Waals surface area contributed by atoms with Crippen molar-refractivity contribution in [1.82, 2.24) is 45.4 Å².